The Morgan fingerprint density at radius 1 is 1.12 bits per heavy atom. The third-order valence-electron chi connectivity index (χ3n) is 3.07. The standard InChI is InChI=1S/C17H22F3NO4/c1-16(2,3)25-15(23)21(4)13(10-17(18,19)20)14(22)24-11-12-8-6-5-7-9-12/h5-9,13H,10-11H2,1-4H3. The van der Waals surface area contributed by atoms with Crippen LogP contribution in [0.25, 0.3) is 0 Å². The normalized spacial score (nSPS) is 13.1. The number of ether oxygens (including phenoxy) is 2. The highest BCUT2D eigenvalue weighted by atomic mass is 19.4. The summed E-state index contributed by atoms with van der Waals surface area (Å²) in [4.78, 5) is 24.7. The number of halogens is 3. The molecular formula is C17H22F3NO4. The van der Waals surface area contributed by atoms with Crippen LogP contribution in [-0.4, -0.2) is 41.8 Å². The Hall–Kier alpha value is -2.25. The number of nitrogens with zero attached hydrogens (tertiary/aromatic N) is 1. The first-order valence-corrected chi connectivity index (χ1v) is 7.62. The van der Waals surface area contributed by atoms with Gasteiger partial charge in [-0.3, -0.25) is 4.90 Å². The van der Waals surface area contributed by atoms with Crippen LogP contribution in [0.1, 0.15) is 32.8 Å². The van der Waals surface area contributed by atoms with Crippen molar-refractivity contribution in [3.8, 4) is 0 Å². The summed E-state index contributed by atoms with van der Waals surface area (Å²) in [6, 6.07) is 6.70. The molecule has 0 heterocycles. The number of rotatable bonds is 5. The maximum absolute atomic E-state index is 12.8. The van der Waals surface area contributed by atoms with Crippen molar-refractivity contribution in [2.45, 2.75) is 51.6 Å². The van der Waals surface area contributed by atoms with Crippen LogP contribution in [0.2, 0.25) is 0 Å². The summed E-state index contributed by atoms with van der Waals surface area (Å²) in [5, 5.41) is 0. The van der Waals surface area contributed by atoms with Gasteiger partial charge in [-0.15, -0.1) is 0 Å². The molecule has 1 unspecified atom stereocenters. The number of likely N-dealkylation sites (N-methyl/N-ethyl adjacent to an activating group) is 1. The molecule has 1 amide bonds. The Labute approximate surface area is 144 Å². The highest BCUT2D eigenvalue weighted by molar-refractivity contribution is 5.81. The predicted molar refractivity (Wildman–Crippen MR) is 84.7 cm³/mol. The zero-order valence-corrected chi connectivity index (χ0v) is 14.6. The second-order valence-corrected chi connectivity index (χ2v) is 6.52. The topological polar surface area (TPSA) is 55.8 Å². The van der Waals surface area contributed by atoms with Gasteiger partial charge in [0.05, 0.1) is 6.42 Å². The number of hydrogen-bond donors (Lipinski definition) is 0. The Kier molecular flexibility index (Phi) is 6.84. The number of carbonyl (C=O) groups excluding carboxylic acids is 2. The number of carbonyl (C=O) groups is 2. The minimum absolute atomic E-state index is 0.184. The van der Waals surface area contributed by atoms with Gasteiger partial charge in [-0.1, -0.05) is 30.3 Å². The zero-order chi connectivity index (χ0) is 19.3. The van der Waals surface area contributed by atoms with Gasteiger partial charge >= 0.3 is 18.2 Å². The first-order chi connectivity index (χ1) is 11.4. The zero-order valence-electron chi connectivity index (χ0n) is 14.6. The van der Waals surface area contributed by atoms with Crippen molar-refractivity contribution in [2.24, 2.45) is 0 Å². The first-order valence-electron chi connectivity index (χ1n) is 7.62. The van der Waals surface area contributed by atoms with Crippen LogP contribution in [0.4, 0.5) is 18.0 Å². The van der Waals surface area contributed by atoms with E-state index >= 15 is 0 Å². The van der Waals surface area contributed by atoms with Crippen LogP contribution in [0.15, 0.2) is 30.3 Å². The number of esters is 1. The second kappa shape index (κ2) is 8.22. The highest BCUT2D eigenvalue weighted by Gasteiger charge is 2.41. The molecule has 0 bridgehead atoms. The van der Waals surface area contributed by atoms with Gasteiger partial charge < -0.3 is 9.47 Å². The largest absolute Gasteiger partial charge is 0.459 e. The minimum atomic E-state index is -4.65. The molecule has 0 saturated heterocycles. The second-order valence-electron chi connectivity index (χ2n) is 6.52. The minimum Gasteiger partial charge on any atom is -0.459 e. The van der Waals surface area contributed by atoms with Gasteiger partial charge in [0.2, 0.25) is 0 Å². The lowest BCUT2D eigenvalue weighted by Crippen LogP contribution is -2.47. The molecule has 140 valence electrons. The van der Waals surface area contributed by atoms with Crippen molar-refractivity contribution in [1.29, 1.82) is 0 Å². The van der Waals surface area contributed by atoms with Crippen molar-refractivity contribution in [3.63, 3.8) is 0 Å². The predicted octanol–water partition coefficient (Wildman–Crippen LogP) is 3.92. The summed E-state index contributed by atoms with van der Waals surface area (Å²) in [5.41, 5.74) is -0.274. The van der Waals surface area contributed by atoms with E-state index in [1.54, 1.807) is 51.1 Å². The van der Waals surface area contributed by atoms with E-state index in [4.69, 9.17) is 9.47 Å². The fourth-order valence-electron chi connectivity index (χ4n) is 1.88. The molecular weight excluding hydrogens is 339 g/mol. The average Bonchev–Trinajstić information content (AvgIpc) is 2.48. The molecule has 0 aromatic heterocycles. The van der Waals surface area contributed by atoms with Crippen LogP contribution in [0.5, 0.6) is 0 Å². The summed E-state index contributed by atoms with van der Waals surface area (Å²) in [5.74, 6) is -1.14. The van der Waals surface area contributed by atoms with E-state index in [0.717, 1.165) is 7.05 Å². The molecule has 1 atom stereocenters. The van der Waals surface area contributed by atoms with Crippen LogP contribution >= 0.6 is 0 Å². The maximum Gasteiger partial charge on any atom is 0.410 e. The summed E-state index contributed by atoms with van der Waals surface area (Å²) in [6.45, 7) is 4.54. The quantitative estimate of drug-likeness (QED) is 0.746. The van der Waals surface area contributed by atoms with Crippen molar-refractivity contribution in [2.75, 3.05) is 7.05 Å². The van der Waals surface area contributed by atoms with Crippen LogP contribution in [0, 0.1) is 0 Å². The SMILES string of the molecule is CN(C(=O)OC(C)(C)C)C(CC(F)(F)F)C(=O)OCc1ccccc1. The van der Waals surface area contributed by atoms with Crippen LogP contribution in [0.3, 0.4) is 0 Å². The third-order valence-corrected chi connectivity index (χ3v) is 3.07. The van der Waals surface area contributed by atoms with Crippen LogP contribution < -0.4 is 0 Å². The Balaban J connectivity index is 2.84. The number of benzene rings is 1. The van der Waals surface area contributed by atoms with E-state index in [2.05, 4.69) is 0 Å². The summed E-state index contributed by atoms with van der Waals surface area (Å²) in [7, 11) is 1.08. The third kappa shape index (κ3) is 7.91. The van der Waals surface area contributed by atoms with E-state index in [9.17, 15) is 22.8 Å². The molecule has 0 N–H and O–H groups in total. The Bertz CT molecular complexity index is 582. The Morgan fingerprint density at radius 2 is 1.68 bits per heavy atom. The lowest BCUT2D eigenvalue weighted by Gasteiger charge is -2.30. The van der Waals surface area contributed by atoms with Gasteiger partial charge in [-0.25, -0.2) is 9.59 Å². The van der Waals surface area contributed by atoms with Crippen LogP contribution in [-0.2, 0) is 20.9 Å². The lowest BCUT2D eigenvalue weighted by molar-refractivity contribution is -0.169. The van der Waals surface area contributed by atoms with Gasteiger partial charge in [-0.2, -0.15) is 13.2 Å². The number of hydrogen-bond acceptors (Lipinski definition) is 4. The fourth-order valence-corrected chi connectivity index (χ4v) is 1.88. The van der Waals surface area contributed by atoms with Crippen molar-refractivity contribution >= 4 is 12.1 Å². The van der Waals surface area contributed by atoms with E-state index in [-0.39, 0.29) is 6.61 Å². The van der Waals surface area contributed by atoms with Crippen molar-refractivity contribution in [1.82, 2.24) is 4.90 Å². The van der Waals surface area contributed by atoms with E-state index in [1.807, 2.05) is 0 Å². The molecule has 8 heteroatoms. The average molecular weight is 361 g/mol. The lowest BCUT2D eigenvalue weighted by atomic mass is 10.1. The van der Waals surface area contributed by atoms with E-state index in [0.29, 0.717) is 10.5 Å². The summed E-state index contributed by atoms with van der Waals surface area (Å²) < 4.78 is 48.4. The first kappa shape index (κ1) is 20.8. The number of amides is 1. The van der Waals surface area contributed by atoms with E-state index in [1.165, 1.54) is 0 Å². The van der Waals surface area contributed by atoms with E-state index < -0.39 is 36.3 Å². The van der Waals surface area contributed by atoms with Crippen molar-refractivity contribution in [3.05, 3.63) is 35.9 Å². The fraction of sp³-hybridized carbons (Fsp3) is 0.529. The molecule has 0 saturated carbocycles. The molecule has 1 rings (SSSR count). The van der Waals surface area contributed by atoms with Crippen molar-refractivity contribution < 1.29 is 32.2 Å². The molecule has 1 aromatic rings. The van der Waals surface area contributed by atoms with Gasteiger partial charge in [0.15, 0.2) is 0 Å². The molecule has 0 aliphatic carbocycles. The highest BCUT2D eigenvalue weighted by Crippen LogP contribution is 2.25. The Morgan fingerprint density at radius 3 is 2.16 bits per heavy atom. The number of alkyl halides is 3. The van der Waals surface area contributed by atoms with Gasteiger partial charge in [0, 0.05) is 7.05 Å². The monoisotopic (exact) mass is 361 g/mol. The molecule has 0 fully saturated rings. The molecule has 1 aromatic carbocycles. The summed E-state index contributed by atoms with van der Waals surface area (Å²) >= 11 is 0. The molecule has 0 spiro atoms. The molecule has 0 aliphatic heterocycles. The van der Waals surface area contributed by atoms with Gasteiger partial charge in [0.1, 0.15) is 18.2 Å². The maximum atomic E-state index is 12.8. The van der Waals surface area contributed by atoms with Gasteiger partial charge in [-0.05, 0) is 26.3 Å². The molecule has 0 aliphatic rings. The summed E-state index contributed by atoms with van der Waals surface area (Å²) in [6.07, 6.45) is -7.19. The molecule has 25 heavy (non-hydrogen) atoms. The van der Waals surface area contributed by atoms with Gasteiger partial charge in [0.25, 0.3) is 0 Å². The molecule has 5 nitrogen and oxygen atoms in total. The molecule has 0 radical (unpaired) electrons. The smallest absolute Gasteiger partial charge is 0.410 e.